The summed E-state index contributed by atoms with van der Waals surface area (Å²) in [6.45, 7) is 6.66. The van der Waals surface area contributed by atoms with Crippen LogP contribution in [0.3, 0.4) is 0 Å². The Bertz CT molecular complexity index is 599. The monoisotopic (exact) mass is 336 g/mol. The highest BCUT2D eigenvalue weighted by atomic mass is 16.6. The Labute approximate surface area is 141 Å². The SMILES string of the molecule is Cc1ccc(OCC(=O)OCC(=O)NCC(=O)NC(C)C)cc1C. The molecule has 7 nitrogen and oxygen atoms in total. The van der Waals surface area contributed by atoms with Gasteiger partial charge in [0.1, 0.15) is 5.75 Å². The van der Waals surface area contributed by atoms with Crippen LogP contribution in [0.15, 0.2) is 18.2 Å². The molecule has 2 N–H and O–H groups in total. The average molecular weight is 336 g/mol. The number of carbonyl (C=O) groups is 3. The van der Waals surface area contributed by atoms with Gasteiger partial charge in [0.2, 0.25) is 5.91 Å². The van der Waals surface area contributed by atoms with E-state index in [0.29, 0.717) is 5.75 Å². The Morgan fingerprint density at radius 2 is 1.75 bits per heavy atom. The second-order valence-corrected chi connectivity index (χ2v) is 5.69. The maximum absolute atomic E-state index is 11.5. The van der Waals surface area contributed by atoms with Crippen molar-refractivity contribution in [3.63, 3.8) is 0 Å². The lowest BCUT2D eigenvalue weighted by Crippen LogP contribution is -2.41. The van der Waals surface area contributed by atoms with Gasteiger partial charge in [-0.15, -0.1) is 0 Å². The summed E-state index contributed by atoms with van der Waals surface area (Å²) in [4.78, 5) is 34.4. The first-order chi connectivity index (χ1) is 11.3. The number of hydrogen-bond donors (Lipinski definition) is 2. The fraction of sp³-hybridized carbons (Fsp3) is 0.471. The van der Waals surface area contributed by atoms with Gasteiger partial charge in [-0.25, -0.2) is 4.79 Å². The lowest BCUT2D eigenvalue weighted by atomic mass is 10.1. The van der Waals surface area contributed by atoms with Crippen molar-refractivity contribution >= 4 is 17.8 Å². The molecule has 0 aliphatic carbocycles. The summed E-state index contributed by atoms with van der Waals surface area (Å²) in [6.07, 6.45) is 0. The largest absolute Gasteiger partial charge is 0.482 e. The van der Waals surface area contributed by atoms with Crippen molar-refractivity contribution in [1.29, 1.82) is 0 Å². The van der Waals surface area contributed by atoms with Crippen molar-refractivity contribution in [1.82, 2.24) is 10.6 Å². The lowest BCUT2D eigenvalue weighted by molar-refractivity contribution is -0.150. The number of rotatable bonds is 8. The maximum Gasteiger partial charge on any atom is 0.344 e. The second-order valence-electron chi connectivity index (χ2n) is 5.69. The number of carbonyl (C=O) groups excluding carboxylic acids is 3. The molecule has 0 saturated carbocycles. The van der Waals surface area contributed by atoms with Crippen LogP contribution in [0.4, 0.5) is 0 Å². The molecule has 1 aromatic rings. The molecule has 0 unspecified atom stereocenters. The molecule has 0 bridgehead atoms. The predicted octanol–water partition coefficient (Wildman–Crippen LogP) is 0.866. The van der Waals surface area contributed by atoms with Crippen molar-refractivity contribution in [2.45, 2.75) is 33.7 Å². The number of hydrogen-bond acceptors (Lipinski definition) is 5. The Kier molecular flexibility index (Phi) is 7.74. The number of benzene rings is 1. The van der Waals surface area contributed by atoms with Crippen LogP contribution in [0.1, 0.15) is 25.0 Å². The number of esters is 1. The van der Waals surface area contributed by atoms with Gasteiger partial charge in [-0.3, -0.25) is 9.59 Å². The van der Waals surface area contributed by atoms with E-state index < -0.39 is 18.5 Å². The summed E-state index contributed by atoms with van der Waals surface area (Å²) in [5, 5.41) is 4.99. The zero-order valence-corrected chi connectivity index (χ0v) is 14.5. The van der Waals surface area contributed by atoms with E-state index in [1.165, 1.54) is 0 Å². The summed E-state index contributed by atoms with van der Waals surface area (Å²) < 4.78 is 10.1. The summed E-state index contributed by atoms with van der Waals surface area (Å²) in [7, 11) is 0. The van der Waals surface area contributed by atoms with Crippen LogP contribution in [0, 0.1) is 13.8 Å². The third-order valence-electron chi connectivity index (χ3n) is 3.10. The van der Waals surface area contributed by atoms with Crippen LogP contribution < -0.4 is 15.4 Å². The molecule has 0 atom stereocenters. The van der Waals surface area contributed by atoms with E-state index in [1.54, 1.807) is 6.07 Å². The molecular formula is C17H24N2O5. The summed E-state index contributed by atoms with van der Waals surface area (Å²) >= 11 is 0. The predicted molar refractivity (Wildman–Crippen MR) is 88.7 cm³/mol. The summed E-state index contributed by atoms with van der Waals surface area (Å²) in [5.74, 6) is -0.948. The minimum Gasteiger partial charge on any atom is -0.482 e. The molecule has 7 heteroatoms. The maximum atomic E-state index is 11.5. The molecule has 0 spiro atoms. The van der Waals surface area contributed by atoms with Gasteiger partial charge in [-0.05, 0) is 51.0 Å². The molecule has 1 rings (SSSR count). The molecular weight excluding hydrogens is 312 g/mol. The molecule has 0 radical (unpaired) electrons. The van der Waals surface area contributed by atoms with Gasteiger partial charge in [-0.1, -0.05) is 6.07 Å². The van der Waals surface area contributed by atoms with E-state index in [9.17, 15) is 14.4 Å². The van der Waals surface area contributed by atoms with Crippen LogP contribution in [0.25, 0.3) is 0 Å². The second kappa shape index (κ2) is 9.54. The third kappa shape index (κ3) is 7.62. The topological polar surface area (TPSA) is 93.7 Å². The van der Waals surface area contributed by atoms with E-state index in [0.717, 1.165) is 11.1 Å². The molecule has 0 saturated heterocycles. The van der Waals surface area contributed by atoms with Crippen molar-refractivity contribution in [3.05, 3.63) is 29.3 Å². The highest BCUT2D eigenvalue weighted by Gasteiger charge is 2.10. The highest BCUT2D eigenvalue weighted by Crippen LogP contribution is 2.16. The van der Waals surface area contributed by atoms with Crippen LogP contribution in [-0.2, 0) is 19.1 Å². The average Bonchev–Trinajstić information content (AvgIpc) is 2.51. The molecule has 0 aliphatic rings. The summed E-state index contributed by atoms with van der Waals surface area (Å²) in [5.41, 5.74) is 2.18. The van der Waals surface area contributed by atoms with E-state index in [-0.39, 0.29) is 25.1 Å². The zero-order chi connectivity index (χ0) is 18.1. The van der Waals surface area contributed by atoms with E-state index in [2.05, 4.69) is 10.6 Å². The van der Waals surface area contributed by atoms with Crippen LogP contribution in [-0.4, -0.2) is 43.6 Å². The molecule has 132 valence electrons. The zero-order valence-electron chi connectivity index (χ0n) is 14.5. The standard InChI is InChI=1S/C17H24N2O5/c1-11(2)19-15(20)8-18-16(21)9-24-17(22)10-23-14-6-5-12(3)13(4)7-14/h5-7,11H,8-10H2,1-4H3,(H,18,21)(H,19,20). The molecule has 0 aliphatic heterocycles. The number of nitrogens with one attached hydrogen (secondary N) is 2. The Balaban J connectivity index is 2.24. The van der Waals surface area contributed by atoms with Crippen LogP contribution in [0.2, 0.25) is 0 Å². The van der Waals surface area contributed by atoms with E-state index in [1.807, 2.05) is 39.8 Å². The van der Waals surface area contributed by atoms with Gasteiger partial charge in [0.05, 0.1) is 6.54 Å². The highest BCUT2D eigenvalue weighted by molar-refractivity contribution is 5.86. The van der Waals surface area contributed by atoms with E-state index in [4.69, 9.17) is 9.47 Å². The number of amides is 2. The van der Waals surface area contributed by atoms with E-state index >= 15 is 0 Å². The first-order valence-electron chi connectivity index (χ1n) is 7.69. The van der Waals surface area contributed by atoms with Gasteiger partial charge in [0, 0.05) is 6.04 Å². The number of ether oxygens (including phenoxy) is 2. The smallest absolute Gasteiger partial charge is 0.344 e. The van der Waals surface area contributed by atoms with Crippen molar-refractivity contribution < 1.29 is 23.9 Å². The van der Waals surface area contributed by atoms with Crippen molar-refractivity contribution in [2.24, 2.45) is 0 Å². The first-order valence-corrected chi connectivity index (χ1v) is 7.69. The normalized spacial score (nSPS) is 10.2. The van der Waals surface area contributed by atoms with Crippen LogP contribution >= 0.6 is 0 Å². The number of aryl methyl sites for hydroxylation is 2. The Hall–Kier alpha value is -2.57. The fourth-order valence-corrected chi connectivity index (χ4v) is 1.74. The quantitative estimate of drug-likeness (QED) is 0.687. The molecule has 2 amide bonds. The minimum atomic E-state index is -0.657. The molecule has 24 heavy (non-hydrogen) atoms. The van der Waals surface area contributed by atoms with Gasteiger partial charge in [0.15, 0.2) is 13.2 Å². The Morgan fingerprint density at radius 3 is 2.38 bits per heavy atom. The van der Waals surface area contributed by atoms with Gasteiger partial charge < -0.3 is 20.1 Å². The molecule has 1 aromatic carbocycles. The summed E-state index contributed by atoms with van der Waals surface area (Å²) in [6, 6.07) is 5.47. The van der Waals surface area contributed by atoms with Crippen molar-refractivity contribution in [3.8, 4) is 5.75 Å². The lowest BCUT2D eigenvalue weighted by Gasteiger charge is -2.10. The van der Waals surface area contributed by atoms with Crippen LogP contribution in [0.5, 0.6) is 5.75 Å². The van der Waals surface area contributed by atoms with Gasteiger partial charge >= 0.3 is 5.97 Å². The van der Waals surface area contributed by atoms with Gasteiger partial charge in [0.25, 0.3) is 5.91 Å². The van der Waals surface area contributed by atoms with Crippen molar-refractivity contribution in [2.75, 3.05) is 19.8 Å². The fourth-order valence-electron chi connectivity index (χ4n) is 1.74. The van der Waals surface area contributed by atoms with Gasteiger partial charge in [-0.2, -0.15) is 0 Å². The molecule has 0 heterocycles. The molecule has 0 aromatic heterocycles. The molecule has 0 fully saturated rings. The first kappa shape index (κ1) is 19.5. The Morgan fingerprint density at radius 1 is 1.04 bits per heavy atom. The third-order valence-corrected chi connectivity index (χ3v) is 3.10. The minimum absolute atomic E-state index is 0.00482.